The molecule has 4 rings (SSSR count). The van der Waals surface area contributed by atoms with Gasteiger partial charge in [0.1, 0.15) is 5.82 Å². The topological polar surface area (TPSA) is 85.0 Å². The van der Waals surface area contributed by atoms with Gasteiger partial charge in [-0.3, -0.25) is 9.80 Å². The first kappa shape index (κ1) is 28.4. The maximum absolute atomic E-state index is 13.5. The van der Waals surface area contributed by atoms with Gasteiger partial charge in [-0.25, -0.2) is 17.6 Å². The van der Waals surface area contributed by atoms with Crippen LogP contribution in [0.4, 0.5) is 26.2 Å². The third-order valence-electron chi connectivity index (χ3n) is 5.72. The molecule has 34 heavy (non-hydrogen) atoms. The average molecular weight is 555 g/mol. The van der Waals surface area contributed by atoms with Gasteiger partial charge in [-0.2, -0.15) is 4.31 Å². The van der Waals surface area contributed by atoms with Crippen molar-refractivity contribution in [2.24, 2.45) is 0 Å². The van der Waals surface area contributed by atoms with Crippen molar-refractivity contribution in [2.75, 3.05) is 61.1 Å². The van der Waals surface area contributed by atoms with Gasteiger partial charge in [-0.05, 0) is 30.3 Å². The Hall–Kier alpha value is -1.82. The zero-order valence-corrected chi connectivity index (χ0v) is 21.6. The normalized spacial score (nSPS) is 18.7. The fraction of sp³-hybridized carbons (Fsp3) is 0.381. The molecule has 188 valence electrons. The molecule has 8 nitrogen and oxygen atoms in total. The van der Waals surface area contributed by atoms with Crippen molar-refractivity contribution in [1.29, 1.82) is 0 Å². The number of sulfonamides is 1. The van der Waals surface area contributed by atoms with Crippen molar-refractivity contribution in [3.05, 3.63) is 53.3 Å². The van der Waals surface area contributed by atoms with Crippen molar-refractivity contribution < 1.29 is 17.6 Å². The first-order valence-corrected chi connectivity index (χ1v) is 12.5. The van der Waals surface area contributed by atoms with Gasteiger partial charge in [-0.1, -0.05) is 23.7 Å². The third kappa shape index (κ3) is 6.44. The van der Waals surface area contributed by atoms with Crippen molar-refractivity contribution in [2.45, 2.75) is 6.04 Å². The van der Waals surface area contributed by atoms with Crippen LogP contribution in [0.3, 0.4) is 0 Å². The molecule has 1 atom stereocenters. The van der Waals surface area contributed by atoms with E-state index >= 15 is 0 Å². The number of anilines is 3. The molecule has 1 saturated heterocycles. The summed E-state index contributed by atoms with van der Waals surface area (Å²) in [4.78, 5) is 17.2. The Balaban J connectivity index is 0.00000204. The monoisotopic (exact) mass is 553 g/mol. The number of halogens is 4. The van der Waals surface area contributed by atoms with E-state index in [0.29, 0.717) is 45.0 Å². The van der Waals surface area contributed by atoms with E-state index in [1.807, 2.05) is 24.3 Å². The maximum atomic E-state index is 13.5. The number of piperazine rings is 1. The molecular weight excluding hydrogens is 528 g/mol. The van der Waals surface area contributed by atoms with Crippen LogP contribution in [0.2, 0.25) is 5.02 Å². The summed E-state index contributed by atoms with van der Waals surface area (Å²) in [5.74, 6) is -0.553. The molecule has 2 aliphatic heterocycles. The summed E-state index contributed by atoms with van der Waals surface area (Å²) in [5.41, 5.74) is 1.99. The fourth-order valence-corrected chi connectivity index (χ4v) is 5.08. The lowest BCUT2D eigenvalue weighted by Gasteiger charge is -2.41. The Morgan fingerprint density at radius 2 is 1.82 bits per heavy atom. The highest BCUT2D eigenvalue weighted by molar-refractivity contribution is 7.88. The molecule has 1 unspecified atom stereocenters. The summed E-state index contributed by atoms with van der Waals surface area (Å²) in [7, 11) is -3.21. The Morgan fingerprint density at radius 1 is 1.15 bits per heavy atom. The highest BCUT2D eigenvalue weighted by Gasteiger charge is 2.33. The number of para-hydroxylation sites is 2. The van der Waals surface area contributed by atoms with Crippen LogP contribution in [-0.2, 0) is 10.0 Å². The lowest BCUT2D eigenvalue weighted by molar-refractivity contribution is 0.179. The van der Waals surface area contributed by atoms with Gasteiger partial charge < -0.3 is 10.6 Å². The van der Waals surface area contributed by atoms with Crippen molar-refractivity contribution in [3.8, 4) is 0 Å². The number of hydrogen-bond acceptors (Lipinski definition) is 5. The molecule has 13 heteroatoms. The summed E-state index contributed by atoms with van der Waals surface area (Å²) in [6, 6.07) is 11.1. The number of carbonyl (C=O) groups excluding carboxylic acids is 1. The van der Waals surface area contributed by atoms with Crippen molar-refractivity contribution in [1.82, 2.24) is 9.21 Å². The van der Waals surface area contributed by atoms with Gasteiger partial charge in [-0.15, -0.1) is 24.8 Å². The molecular formula is C21H27Cl3FN5O3S. The van der Waals surface area contributed by atoms with Crippen LogP contribution in [0.1, 0.15) is 0 Å². The van der Waals surface area contributed by atoms with E-state index in [-0.39, 0.29) is 41.9 Å². The van der Waals surface area contributed by atoms with Crippen LogP contribution in [-0.4, -0.2) is 75.2 Å². The van der Waals surface area contributed by atoms with Crippen LogP contribution in [0.25, 0.3) is 0 Å². The summed E-state index contributed by atoms with van der Waals surface area (Å²) < 4.78 is 38.5. The molecule has 0 aliphatic carbocycles. The average Bonchev–Trinajstić information content (AvgIpc) is 2.76. The van der Waals surface area contributed by atoms with Crippen LogP contribution in [0.5, 0.6) is 0 Å². The first-order chi connectivity index (χ1) is 15.2. The van der Waals surface area contributed by atoms with E-state index < -0.39 is 15.8 Å². The summed E-state index contributed by atoms with van der Waals surface area (Å²) in [6.07, 6.45) is 1.22. The van der Waals surface area contributed by atoms with E-state index in [4.69, 9.17) is 11.6 Å². The quantitative estimate of drug-likeness (QED) is 0.602. The molecule has 0 saturated carbocycles. The molecule has 0 radical (unpaired) electrons. The fourth-order valence-electron chi connectivity index (χ4n) is 4.07. The van der Waals surface area contributed by atoms with Crippen LogP contribution < -0.4 is 15.5 Å². The molecule has 2 aromatic rings. The zero-order chi connectivity index (χ0) is 22.9. The Morgan fingerprint density at radius 3 is 2.47 bits per heavy atom. The second-order valence-corrected chi connectivity index (χ2v) is 10.3. The molecule has 1 fully saturated rings. The van der Waals surface area contributed by atoms with Crippen molar-refractivity contribution in [3.63, 3.8) is 0 Å². The third-order valence-corrected chi connectivity index (χ3v) is 7.31. The number of rotatable bonds is 4. The number of benzene rings is 2. The lowest BCUT2D eigenvalue weighted by atomic mass is 10.1. The van der Waals surface area contributed by atoms with Crippen LogP contribution in [0.15, 0.2) is 42.5 Å². The zero-order valence-electron chi connectivity index (χ0n) is 18.4. The van der Waals surface area contributed by atoms with Crippen molar-refractivity contribution >= 4 is 69.5 Å². The molecule has 0 spiro atoms. The van der Waals surface area contributed by atoms with E-state index in [0.717, 1.165) is 11.4 Å². The Labute approximate surface area is 216 Å². The van der Waals surface area contributed by atoms with E-state index in [2.05, 4.69) is 15.5 Å². The molecule has 2 amide bonds. The Bertz CT molecular complexity index is 1120. The van der Waals surface area contributed by atoms with E-state index in [1.54, 1.807) is 4.90 Å². The number of fused-ring (bicyclic) bond motifs is 1. The van der Waals surface area contributed by atoms with Crippen LogP contribution >= 0.6 is 36.4 Å². The minimum atomic E-state index is -3.21. The van der Waals surface area contributed by atoms with Gasteiger partial charge in [0.25, 0.3) is 0 Å². The van der Waals surface area contributed by atoms with Gasteiger partial charge in [0.2, 0.25) is 10.0 Å². The second-order valence-electron chi connectivity index (χ2n) is 7.94. The summed E-state index contributed by atoms with van der Waals surface area (Å²) in [5, 5.41) is 6.13. The highest BCUT2D eigenvalue weighted by Crippen LogP contribution is 2.32. The highest BCUT2D eigenvalue weighted by atomic mass is 35.5. The number of nitrogens with zero attached hydrogens (tertiary/aromatic N) is 3. The lowest BCUT2D eigenvalue weighted by Crippen LogP contribution is -2.57. The molecule has 2 N–H and O–H groups in total. The number of nitrogens with one attached hydrogen (secondary N) is 2. The SMILES string of the molecule is CS(=O)(=O)N1CCN(CC2CNc3ccccc3N2C(=O)Nc2ccc(F)c(Cl)c2)CC1.Cl.Cl. The van der Waals surface area contributed by atoms with Gasteiger partial charge in [0, 0.05) is 45.0 Å². The van der Waals surface area contributed by atoms with E-state index in [1.165, 1.54) is 28.8 Å². The van der Waals surface area contributed by atoms with E-state index in [9.17, 15) is 17.6 Å². The number of urea groups is 1. The van der Waals surface area contributed by atoms with Gasteiger partial charge >= 0.3 is 6.03 Å². The van der Waals surface area contributed by atoms with Crippen LogP contribution in [0, 0.1) is 5.82 Å². The largest absolute Gasteiger partial charge is 0.381 e. The second kappa shape index (κ2) is 11.7. The standard InChI is InChI=1S/C21H25ClFN5O3S.2ClH/c1-32(30,31)27-10-8-26(9-11-27)14-16-13-24-19-4-2-3-5-20(19)28(16)21(29)25-15-6-7-18(23)17(22)12-15;;/h2-7,12,16,24H,8-11,13-14H2,1H3,(H,25,29);2*1H. The molecule has 2 heterocycles. The summed E-state index contributed by atoms with van der Waals surface area (Å²) in [6.45, 7) is 3.16. The first-order valence-electron chi connectivity index (χ1n) is 10.3. The Kier molecular flexibility index (Phi) is 9.81. The summed E-state index contributed by atoms with van der Waals surface area (Å²) >= 11 is 5.86. The smallest absolute Gasteiger partial charge is 0.326 e. The number of amides is 2. The minimum Gasteiger partial charge on any atom is -0.381 e. The number of hydrogen-bond donors (Lipinski definition) is 2. The maximum Gasteiger partial charge on any atom is 0.326 e. The number of carbonyl (C=O) groups is 1. The van der Waals surface area contributed by atoms with Gasteiger partial charge in [0.15, 0.2) is 0 Å². The molecule has 0 bridgehead atoms. The molecule has 0 aromatic heterocycles. The predicted octanol–water partition coefficient (Wildman–Crippen LogP) is 3.73. The molecule has 2 aliphatic rings. The van der Waals surface area contributed by atoms with Gasteiger partial charge in [0.05, 0.1) is 28.7 Å². The minimum absolute atomic E-state index is 0. The molecule has 2 aromatic carbocycles. The predicted molar refractivity (Wildman–Crippen MR) is 139 cm³/mol.